The van der Waals surface area contributed by atoms with Gasteiger partial charge in [0.1, 0.15) is 16.9 Å². The van der Waals surface area contributed by atoms with Crippen LogP contribution in [0.3, 0.4) is 0 Å². The van der Waals surface area contributed by atoms with Crippen molar-refractivity contribution in [3.05, 3.63) is 101 Å². The van der Waals surface area contributed by atoms with E-state index in [1.54, 1.807) is 6.07 Å². The smallest absolute Gasteiger partial charge is 0.219 e. The molecule has 0 unspecified atom stereocenters. The van der Waals surface area contributed by atoms with Gasteiger partial charge >= 0.3 is 0 Å². The van der Waals surface area contributed by atoms with Crippen LogP contribution in [0.2, 0.25) is 10.0 Å². The molecule has 0 aliphatic heterocycles. The standard InChI is InChI=1S/C22H16Cl2NO/c23-17-13-19(24)22-20(14-17)25(15-16-7-3-1-4-8-16)12-11-21(22)26-18-9-5-2-6-10-18/h1-14H,15H2/q+1. The van der Waals surface area contributed by atoms with E-state index in [1.165, 1.54) is 5.56 Å². The Balaban J connectivity index is 1.84. The van der Waals surface area contributed by atoms with Crippen LogP contribution in [0, 0.1) is 0 Å². The van der Waals surface area contributed by atoms with Crippen LogP contribution in [0.25, 0.3) is 10.9 Å². The van der Waals surface area contributed by atoms with E-state index in [1.807, 2.05) is 66.9 Å². The number of benzene rings is 3. The molecule has 4 heteroatoms. The number of nitrogens with zero attached hydrogens (tertiary/aromatic N) is 1. The molecule has 0 aliphatic carbocycles. The average molecular weight is 381 g/mol. The number of hydrogen-bond donors (Lipinski definition) is 0. The van der Waals surface area contributed by atoms with Gasteiger partial charge in [0.2, 0.25) is 5.52 Å². The van der Waals surface area contributed by atoms with E-state index in [2.05, 4.69) is 16.7 Å². The molecule has 1 heterocycles. The van der Waals surface area contributed by atoms with Crippen LogP contribution in [-0.4, -0.2) is 0 Å². The van der Waals surface area contributed by atoms with Gasteiger partial charge < -0.3 is 4.74 Å². The minimum Gasteiger partial charge on any atom is -0.456 e. The predicted molar refractivity (Wildman–Crippen MR) is 106 cm³/mol. The summed E-state index contributed by atoms with van der Waals surface area (Å²) >= 11 is 12.8. The number of ether oxygens (including phenoxy) is 1. The third-order valence-corrected chi connectivity index (χ3v) is 4.68. The Morgan fingerprint density at radius 2 is 1.50 bits per heavy atom. The fourth-order valence-corrected chi connectivity index (χ4v) is 3.55. The van der Waals surface area contributed by atoms with E-state index < -0.39 is 0 Å². The predicted octanol–water partition coefficient (Wildman–Crippen LogP) is 6.27. The van der Waals surface area contributed by atoms with Gasteiger partial charge in [-0.2, -0.15) is 4.57 Å². The maximum Gasteiger partial charge on any atom is 0.219 e. The number of pyridine rings is 1. The fourth-order valence-electron chi connectivity index (χ4n) is 2.97. The molecule has 0 atom stereocenters. The van der Waals surface area contributed by atoms with Crippen molar-refractivity contribution in [2.24, 2.45) is 0 Å². The number of aromatic nitrogens is 1. The van der Waals surface area contributed by atoms with Crippen molar-refractivity contribution in [3.8, 4) is 11.5 Å². The minimum absolute atomic E-state index is 0.570. The number of fused-ring (bicyclic) bond motifs is 1. The molecule has 0 aliphatic rings. The first-order valence-electron chi connectivity index (χ1n) is 8.29. The highest BCUT2D eigenvalue weighted by atomic mass is 35.5. The Labute approximate surface area is 162 Å². The molecule has 26 heavy (non-hydrogen) atoms. The van der Waals surface area contributed by atoms with Crippen LogP contribution >= 0.6 is 23.2 Å². The van der Waals surface area contributed by atoms with E-state index in [0.717, 1.165) is 23.2 Å². The lowest BCUT2D eigenvalue weighted by atomic mass is 10.1. The summed E-state index contributed by atoms with van der Waals surface area (Å²) in [6.45, 7) is 0.722. The third kappa shape index (κ3) is 3.52. The Morgan fingerprint density at radius 1 is 0.808 bits per heavy atom. The van der Waals surface area contributed by atoms with Crippen LogP contribution in [0.1, 0.15) is 5.56 Å². The zero-order chi connectivity index (χ0) is 17.9. The van der Waals surface area contributed by atoms with Crippen LogP contribution in [0.4, 0.5) is 0 Å². The van der Waals surface area contributed by atoms with Gasteiger partial charge in [0.05, 0.1) is 5.02 Å². The lowest BCUT2D eigenvalue weighted by Crippen LogP contribution is -2.34. The van der Waals surface area contributed by atoms with Crippen LogP contribution in [0.15, 0.2) is 85.1 Å². The summed E-state index contributed by atoms with van der Waals surface area (Å²) in [5, 5.41) is 2.01. The molecule has 0 amide bonds. The molecular formula is C22H16Cl2NO+. The van der Waals surface area contributed by atoms with E-state index in [4.69, 9.17) is 27.9 Å². The van der Waals surface area contributed by atoms with E-state index in [9.17, 15) is 0 Å². The summed E-state index contributed by atoms with van der Waals surface area (Å²) in [5.41, 5.74) is 2.13. The quantitative estimate of drug-likeness (QED) is 0.380. The summed E-state index contributed by atoms with van der Waals surface area (Å²) in [6, 6.07) is 25.5. The second-order valence-electron chi connectivity index (χ2n) is 5.99. The van der Waals surface area contributed by atoms with Gasteiger partial charge in [-0.05, 0) is 18.2 Å². The van der Waals surface area contributed by atoms with Crippen molar-refractivity contribution in [2.75, 3.05) is 0 Å². The molecule has 4 aromatic rings. The molecule has 0 saturated heterocycles. The highest BCUT2D eigenvalue weighted by Gasteiger charge is 2.18. The van der Waals surface area contributed by atoms with Crippen LogP contribution in [0.5, 0.6) is 11.5 Å². The molecule has 1 aromatic heterocycles. The zero-order valence-corrected chi connectivity index (χ0v) is 15.4. The third-order valence-electron chi connectivity index (χ3n) is 4.16. The topological polar surface area (TPSA) is 13.1 Å². The number of hydrogen-bond acceptors (Lipinski definition) is 1. The molecule has 0 fully saturated rings. The summed E-state index contributed by atoms with van der Waals surface area (Å²) in [5.74, 6) is 1.47. The highest BCUT2D eigenvalue weighted by molar-refractivity contribution is 6.38. The first-order valence-corrected chi connectivity index (χ1v) is 9.04. The summed E-state index contributed by atoms with van der Waals surface area (Å²) in [7, 11) is 0. The summed E-state index contributed by atoms with van der Waals surface area (Å²) in [4.78, 5) is 0. The normalized spacial score (nSPS) is 10.8. The maximum absolute atomic E-state index is 6.53. The second kappa shape index (κ2) is 7.36. The monoisotopic (exact) mass is 380 g/mol. The van der Waals surface area contributed by atoms with Crippen molar-refractivity contribution in [3.63, 3.8) is 0 Å². The molecular weight excluding hydrogens is 365 g/mol. The Bertz CT molecular complexity index is 1050. The largest absolute Gasteiger partial charge is 0.456 e. The van der Waals surface area contributed by atoms with Gasteiger partial charge in [0.15, 0.2) is 12.7 Å². The first kappa shape index (κ1) is 16.9. The Morgan fingerprint density at radius 3 is 2.23 bits per heavy atom. The molecule has 3 aromatic carbocycles. The van der Waals surface area contributed by atoms with Crippen LogP contribution < -0.4 is 9.30 Å². The van der Waals surface area contributed by atoms with Crippen molar-refractivity contribution in [2.45, 2.75) is 6.54 Å². The lowest BCUT2D eigenvalue weighted by molar-refractivity contribution is -0.662. The molecule has 2 nitrogen and oxygen atoms in total. The Hall–Kier alpha value is -2.55. The minimum atomic E-state index is 0.570. The lowest BCUT2D eigenvalue weighted by Gasteiger charge is -2.10. The van der Waals surface area contributed by atoms with Gasteiger partial charge in [-0.1, -0.05) is 71.7 Å². The molecule has 4 rings (SSSR count). The molecule has 0 N–H and O–H groups in total. The van der Waals surface area contributed by atoms with E-state index in [-0.39, 0.29) is 0 Å². The molecule has 0 spiro atoms. The summed E-state index contributed by atoms with van der Waals surface area (Å²) in [6.07, 6.45) is 2.00. The number of rotatable bonds is 4. The SMILES string of the molecule is Clc1cc(Cl)c2c(Oc3ccccc3)cc[n+](Cc3ccccc3)c2c1. The second-order valence-corrected chi connectivity index (χ2v) is 6.83. The van der Waals surface area contributed by atoms with Gasteiger partial charge in [-0.3, -0.25) is 0 Å². The summed E-state index contributed by atoms with van der Waals surface area (Å²) < 4.78 is 8.20. The molecule has 0 radical (unpaired) electrons. The van der Waals surface area contributed by atoms with Crippen molar-refractivity contribution < 1.29 is 9.30 Å². The molecule has 128 valence electrons. The van der Waals surface area contributed by atoms with E-state index in [0.29, 0.717) is 15.8 Å². The fraction of sp³-hybridized carbons (Fsp3) is 0.0455. The number of halogens is 2. The average Bonchev–Trinajstić information content (AvgIpc) is 2.65. The molecule has 0 bridgehead atoms. The molecule has 0 saturated carbocycles. The first-order chi connectivity index (χ1) is 12.7. The van der Waals surface area contributed by atoms with Gasteiger partial charge in [-0.25, -0.2) is 0 Å². The maximum atomic E-state index is 6.53. The van der Waals surface area contributed by atoms with Crippen molar-refractivity contribution in [1.82, 2.24) is 0 Å². The Kier molecular flexibility index (Phi) is 4.79. The zero-order valence-electron chi connectivity index (χ0n) is 13.9. The van der Waals surface area contributed by atoms with Crippen molar-refractivity contribution >= 4 is 34.1 Å². The highest BCUT2D eigenvalue weighted by Crippen LogP contribution is 2.35. The van der Waals surface area contributed by atoms with Gasteiger partial charge in [0.25, 0.3) is 0 Å². The van der Waals surface area contributed by atoms with Crippen molar-refractivity contribution in [1.29, 1.82) is 0 Å². The van der Waals surface area contributed by atoms with Gasteiger partial charge in [-0.15, -0.1) is 0 Å². The van der Waals surface area contributed by atoms with Gasteiger partial charge in [0, 0.05) is 22.7 Å². The number of para-hydroxylation sites is 1. The van der Waals surface area contributed by atoms with Crippen LogP contribution in [-0.2, 0) is 6.54 Å². The van der Waals surface area contributed by atoms with E-state index >= 15 is 0 Å².